The number of fused-ring (bicyclic) bond motifs is 1. The van der Waals surface area contributed by atoms with Crippen LogP contribution in [0.4, 0.5) is 0 Å². The largest absolute Gasteiger partial charge is 0.496 e. The second kappa shape index (κ2) is 12.9. The number of nitrogens with zero attached hydrogens (tertiary/aromatic N) is 3. The van der Waals surface area contributed by atoms with Crippen molar-refractivity contribution in [3.8, 4) is 11.8 Å². The van der Waals surface area contributed by atoms with Gasteiger partial charge in [0.15, 0.2) is 0 Å². The van der Waals surface area contributed by atoms with Crippen LogP contribution in [-0.2, 0) is 14.4 Å². The maximum Gasteiger partial charge on any atom is 0.303 e. The summed E-state index contributed by atoms with van der Waals surface area (Å²) in [6.07, 6.45) is 6.49. The third-order valence-corrected chi connectivity index (χ3v) is 5.97. The van der Waals surface area contributed by atoms with E-state index in [0.29, 0.717) is 35.6 Å². The van der Waals surface area contributed by atoms with Gasteiger partial charge in [-0.2, -0.15) is 11.2 Å². The van der Waals surface area contributed by atoms with E-state index in [1.54, 1.807) is 18.2 Å². The minimum absolute atomic E-state index is 0.0682. The molecule has 1 aliphatic carbocycles. The first-order valence-corrected chi connectivity index (χ1v) is 12.2. The van der Waals surface area contributed by atoms with Gasteiger partial charge in [-0.25, -0.2) is 4.99 Å². The number of hydrogen-bond acceptors (Lipinski definition) is 8. The molecule has 0 amide bonds. The van der Waals surface area contributed by atoms with E-state index < -0.39 is 5.97 Å². The molecule has 9 nitrogen and oxygen atoms in total. The van der Waals surface area contributed by atoms with Gasteiger partial charge in [-0.1, -0.05) is 18.7 Å². The van der Waals surface area contributed by atoms with Crippen LogP contribution in [0.5, 0.6) is 5.75 Å². The van der Waals surface area contributed by atoms with Gasteiger partial charge in [-0.3, -0.25) is 9.69 Å². The highest BCUT2D eigenvalue weighted by molar-refractivity contribution is 5.95. The summed E-state index contributed by atoms with van der Waals surface area (Å²) in [5, 5.41) is 18.4. The van der Waals surface area contributed by atoms with Crippen LogP contribution in [0.25, 0.3) is 0 Å². The number of nitriles is 1. The fourth-order valence-electron chi connectivity index (χ4n) is 4.30. The Kier molecular flexibility index (Phi) is 9.68. The minimum Gasteiger partial charge on any atom is -0.496 e. The second-order valence-electron chi connectivity index (χ2n) is 9.08. The number of carboxylic acid groups (broad SMARTS) is 1. The molecule has 0 aromatic heterocycles. The molecule has 0 radical (unpaired) electrons. The molecule has 1 saturated heterocycles. The fourth-order valence-corrected chi connectivity index (χ4v) is 4.30. The minimum atomic E-state index is -0.759. The Morgan fingerprint density at radius 1 is 1.42 bits per heavy atom. The zero-order valence-electron chi connectivity index (χ0n) is 20.9. The molecule has 192 valence electrons. The van der Waals surface area contributed by atoms with Crippen LogP contribution in [0, 0.1) is 17.2 Å². The molecule has 3 N–H and O–H groups in total. The van der Waals surface area contributed by atoms with Crippen LogP contribution < -0.4 is 10.6 Å². The van der Waals surface area contributed by atoms with Crippen molar-refractivity contribution in [3.63, 3.8) is 0 Å². The Hall–Kier alpha value is -3.61. The summed E-state index contributed by atoms with van der Waals surface area (Å²) in [5.74, 6) is 6.39. The number of nitrogens with two attached hydrogens (primary N) is 1. The van der Waals surface area contributed by atoms with Crippen molar-refractivity contribution in [2.24, 2.45) is 16.8 Å². The number of aliphatic imine (C=N–C) groups is 1. The molecular weight excluding hydrogens is 460 g/mol. The third-order valence-electron chi connectivity index (χ3n) is 5.97. The van der Waals surface area contributed by atoms with E-state index in [1.807, 2.05) is 19.9 Å². The first-order valence-electron chi connectivity index (χ1n) is 12.2. The zero-order valence-corrected chi connectivity index (χ0v) is 20.9. The first kappa shape index (κ1) is 27.0. The number of aliphatic carboxylic acids is 1. The lowest BCUT2D eigenvalue weighted by Crippen LogP contribution is -2.31. The molecule has 1 aromatic carbocycles. The number of carboxylic acids is 1. The van der Waals surface area contributed by atoms with Crippen molar-refractivity contribution >= 4 is 11.9 Å². The summed E-state index contributed by atoms with van der Waals surface area (Å²) < 4.78 is 11.8. The van der Waals surface area contributed by atoms with E-state index in [4.69, 9.17) is 25.3 Å². The molecule has 1 unspecified atom stereocenters. The van der Waals surface area contributed by atoms with Gasteiger partial charge in [-0.05, 0) is 57.9 Å². The predicted octanol–water partition coefficient (Wildman–Crippen LogP) is 3.91. The smallest absolute Gasteiger partial charge is 0.303 e. The fraction of sp³-hybridized carbons (Fsp3) is 0.444. The summed E-state index contributed by atoms with van der Waals surface area (Å²) in [5.41, 5.74) is 2.12. The lowest BCUT2D eigenvalue weighted by molar-refractivity contribution is -0.137. The quantitative estimate of drug-likeness (QED) is 0.217. The molecule has 1 aromatic rings. The summed E-state index contributed by atoms with van der Waals surface area (Å²) in [6.45, 7) is 10.9. The Morgan fingerprint density at radius 3 is 2.92 bits per heavy atom. The topological polar surface area (TPSA) is 130 Å². The van der Waals surface area contributed by atoms with Gasteiger partial charge in [0.2, 0.25) is 5.90 Å². The molecule has 0 bridgehead atoms. The number of carbonyl (C=O) groups is 1. The van der Waals surface area contributed by atoms with E-state index in [9.17, 15) is 10.1 Å². The normalized spacial score (nSPS) is 18.2. The highest BCUT2D eigenvalue weighted by atomic mass is 16.6. The van der Waals surface area contributed by atoms with Gasteiger partial charge < -0.3 is 19.4 Å². The molecule has 0 saturated carbocycles. The number of rotatable bonds is 10. The number of unbranched alkanes of at least 4 members (excludes halogenated alkanes) is 1. The third kappa shape index (κ3) is 7.20. The Bertz CT molecular complexity index is 1100. The van der Waals surface area contributed by atoms with Crippen LogP contribution >= 0.6 is 0 Å². The van der Waals surface area contributed by atoms with Crippen LogP contribution in [0.3, 0.4) is 0 Å². The first-order chi connectivity index (χ1) is 17.3. The van der Waals surface area contributed by atoms with E-state index in [1.165, 1.54) is 0 Å². The van der Waals surface area contributed by atoms with Gasteiger partial charge in [0.05, 0.1) is 17.4 Å². The molecule has 36 heavy (non-hydrogen) atoms. The molecule has 1 atom stereocenters. The highest BCUT2D eigenvalue weighted by Gasteiger charge is 2.28. The van der Waals surface area contributed by atoms with Gasteiger partial charge in [0, 0.05) is 36.6 Å². The Morgan fingerprint density at radius 2 is 2.22 bits per heavy atom. The van der Waals surface area contributed by atoms with Crippen molar-refractivity contribution in [2.45, 2.75) is 45.6 Å². The number of allylic oxidation sites excluding steroid dienone is 2. The second-order valence-corrected chi connectivity index (χ2v) is 9.08. The highest BCUT2D eigenvalue weighted by Crippen LogP contribution is 2.33. The molecule has 1 fully saturated rings. The average molecular weight is 495 g/mol. The van der Waals surface area contributed by atoms with Crippen LogP contribution in [-0.4, -0.2) is 54.2 Å². The van der Waals surface area contributed by atoms with Crippen molar-refractivity contribution in [1.29, 1.82) is 5.26 Å². The molecule has 9 heteroatoms. The number of benzene rings is 1. The Balaban J connectivity index is 1.78. The van der Waals surface area contributed by atoms with E-state index in [-0.39, 0.29) is 24.3 Å². The molecule has 3 rings (SSSR count). The van der Waals surface area contributed by atoms with Crippen molar-refractivity contribution < 1.29 is 24.2 Å². The van der Waals surface area contributed by atoms with Crippen LogP contribution in [0.2, 0.25) is 0 Å². The molecular formula is C27H34N4O5. The lowest BCUT2D eigenvalue weighted by atomic mass is 9.92. The van der Waals surface area contributed by atoms with Crippen molar-refractivity contribution in [1.82, 2.24) is 4.90 Å². The van der Waals surface area contributed by atoms with Gasteiger partial charge in [0.1, 0.15) is 24.2 Å². The summed E-state index contributed by atoms with van der Waals surface area (Å²) >= 11 is 0. The van der Waals surface area contributed by atoms with Crippen molar-refractivity contribution in [2.75, 3.05) is 26.2 Å². The summed E-state index contributed by atoms with van der Waals surface area (Å²) in [7, 11) is 0. The van der Waals surface area contributed by atoms with E-state index in [2.05, 4.69) is 28.6 Å². The van der Waals surface area contributed by atoms with E-state index in [0.717, 1.165) is 43.8 Å². The maximum absolute atomic E-state index is 10.8. The molecule has 0 spiro atoms. The average Bonchev–Trinajstić information content (AvgIpc) is 3.06. The molecule has 2 aliphatic rings. The summed E-state index contributed by atoms with van der Waals surface area (Å²) in [4.78, 5) is 22.7. The lowest BCUT2D eigenvalue weighted by Gasteiger charge is -2.26. The van der Waals surface area contributed by atoms with Crippen LogP contribution in [0.15, 0.2) is 59.0 Å². The van der Waals surface area contributed by atoms with Crippen LogP contribution in [0.1, 0.15) is 50.7 Å². The predicted molar refractivity (Wildman–Crippen MR) is 136 cm³/mol. The number of hydrogen-bond donors (Lipinski definition) is 2. The van der Waals surface area contributed by atoms with Gasteiger partial charge in [0.25, 0.3) is 0 Å². The van der Waals surface area contributed by atoms with E-state index >= 15 is 0 Å². The maximum atomic E-state index is 10.8. The SMILES string of the molecule is C=C(/N=C(\ON)c1ccc(OC(C)C)c(C#N)c1)C1=C2OCCN(CCCCC(=O)O)CC2CC=C1. The van der Waals surface area contributed by atoms with Gasteiger partial charge in [-0.15, -0.1) is 0 Å². The Labute approximate surface area is 212 Å². The van der Waals surface area contributed by atoms with Gasteiger partial charge >= 0.3 is 5.97 Å². The standard InChI is InChI=1S/C27H34N4O5/c1-18(2)35-24-11-10-20(15-22(24)16-28)27(36-29)30-19(3)23-8-6-7-21-17-31(13-14-34-26(21)23)12-5-4-9-25(32)33/h6,8,10-11,15,18,21H,3-5,7,9,12-14,17,29H2,1-2H3,(H,32,33)/b30-27-. The molecule has 1 heterocycles. The zero-order chi connectivity index (χ0) is 26.1. The number of ether oxygens (including phenoxy) is 2. The molecule has 1 aliphatic heterocycles. The summed E-state index contributed by atoms with van der Waals surface area (Å²) in [6, 6.07) is 7.19. The van der Waals surface area contributed by atoms with Crippen molar-refractivity contribution in [3.05, 3.63) is 65.1 Å². The monoisotopic (exact) mass is 494 g/mol.